The van der Waals surface area contributed by atoms with Crippen LogP contribution in [0.1, 0.15) is 48.0 Å². The van der Waals surface area contributed by atoms with E-state index < -0.39 is 0 Å². The van der Waals surface area contributed by atoms with Crippen LogP contribution in [0.3, 0.4) is 0 Å². The van der Waals surface area contributed by atoms with Crippen molar-refractivity contribution in [1.82, 2.24) is 24.1 Å². The molecule has 3 aromatic heterocycles. The van der Waals surface area contributed by atoms with Crippen LogP contribution in [0.25, 0.3) is 21.9 Å². The summed E-state index contributed by atoms with van der Waals surface area (Å²) in [5, 5.41) is 6.62. The number of carbonyl (C=O) groups excluding carboxylic acids is 2. The van der Waals surface area contributed by atoms with Gasteiger partial charge in [0.25, 0.3) is 5.56 Å². The summed E-state index contributed by atoms with van der Waals surface area (Å²) in [5.74, 6) is -0.684. The van der Waals surface area contributed by atoms with Crippen LogP contribution in [0.2, 0.25) is 0 Å². The molecule has 5 rings (SSSR count). The Hall–Kier alpha value is -3.79. The number of likely N-dealkylation sites (tertiary alicyclic amines) is 1. The second kappa shape index (κ2) is 10.8. The molecule has 1 fully saturated rings. The summed E-state index contributed by atoms with van der Waals surface area (Å²) in [7, 11) is 0. The molecule has 1 aliphatic heterocycles. The number of thiazole rings is 1. The van der Waals surface area contributed by atoms with Gasteiger partial charge in [-0.05, 0) is 65.2 Å². The standard InChI is InChI=1S/C29H33N5O4S/c1-6-38-28(37)21-8-7-11-32(15-21)25(35)14-22-16-39-29-30-20(5)26(27(36)33(22)29)23-13-19(4)34(31-23)24-10-9-17(2)12-18(24)3/h9-10,12-13,16,21H,6-8,11,14-15H2,1-5H3/t21-/m0/s1. The normalized spacial score (nSPS) is 15.6. The summed E-state index contributed by atoms with van der Waals surface area (Å²) >= 11 is 1.34. The molecule has 0 radical (unpaired) electrons. The van der Waals surface area contributed by atoms with Gasteiger partial charge in [0.1, 0.15) is 5.69 Å². The third-order valence-corrected chi connectivity index (χ3v) is 8.15. The van der Waals surface area contributed by atoms with Crippen LogP contribution >= 0.6 is 11.3 Å². The molecule has 1 atom stereocenters. The number of fused-ring (bicyclic) bond motifs is 1. The van der Waals surface area contributed by atoms with Gasteiger partial charge in [0.2, 0.25) is 5.91 Å². The van der Waals surface area contributed by atoms with Crippen molar-refractivity contribution in [3.63, 3.8) is 0 Å². The molecule has 1 aromatic carbocycles. The third kappa shape index (κ3) is 5.13. The zero-order chi connectivity index (χ0) is 27.8. The number of amides is 1. The lowest BCUT2D eigenvalue weighted by Crippen LogP contribution is -2.43. The number of rotatable bonds is 6. The Bertz CT molecular complexity index is 1630. The first-order valence-electron chi connectivity index (χ1n) is 13.3. The highest BCUT2D eigenvalue weighted by atomic mass is 32.1. The maximum atomic E-state index is 13.9. The largest absolute Gasteiger partial charge is 0.466 e. The molecule has 0 aliphatic carbocycles. The SMILES string of the molecule is CCOC(=O)[C@H]1CCCN(C(=O)Cc2csc3nc(C)c(-c4cc(C)n(-c5ccc(C)cc5C)n4)c(=O)n23)C1. The number of hydrogen-bond acceptors (Lipinski definition) is 7. The molecular weight excluding hydrogens is 514 g/mol. The minimum atomic E-state index is -0.309. The lowest BCUT2D eigenvalue weighted by Gasteiger charge is -2.31. The van der Waals surface area contributed by atoms with E-state index >= 15 is 0 Å². The van der Waals surface area contributed by atoms with Gasteiger partial charge in [0.05, 0.1) is 35.9 Å². The summed E-state index contributed by atoms with van der Waals surface area (Å²) in [5.41, 5.74) is 6.04. The molecule has 0 saturated carbocycles. The van der Waals surface area contributed by atoms with Gasteiger partial charge in [-0.1, -0.05) is 17.7 Å². The molecule has 0 N–H and O–H groups in total. The Labute approximate surface area is 231 Å². The van der Waals surface area contributed by atoms with E-state index in [4.69, 9.17) is 14.8 Å². The van der Waals surface area contributed by atoms with Crippen LogP contribution < -0.4 is 5.56 Å². The van der Waals surface area contributed by atoms with E-state index in [1.54, 1.807) is 11.8 Å². The molecule has 9 nitrogen and oxygen atoms in total. The lowest BCUT2D eigenvalue weighted by molar-refractivity contribution is -0.151. The van der Waals surface area contributed by atoms with Crippen molar-refractivity contribution in [2.45, 2.75) is 53.9 Å². The van der Waals surface area contributed by atoms with Crippen molar-refractivity contribution in [2.75, 3.05) is 19.7 Å². The molecule has 1 aliphatic rings. The highest BCUT2D eigenvalue weighted by molar-refractivity contribution is 7.15. The van der Waals surface area contributed by atoms with Crippen molar-refractivity contribution in [1.29, 1.82) is 0 Å². The number of aromatic nitrogens is 4. The zero-order valence-electron chi connectivity index (χ0n) is 23.0. The van der Waals surface area contributed by atoms with Gasteiger partial charge in [-0.3, -0.25) is 18.8 Å². The Morgan fingerprint density at radius 3 is 2.69 bits per heavy atom. The van der Waals surface area contributed by atoms with Gasteiger partial charge >= 0.3 is 5.97 Å². The van der Waals surface area contributed by atoms with E-state index in [0.29, 0.717) is 53.7 Å². The molecule has 4 heterocycles. The molecule has 10 heteroatoms. The predicted octanol–water partition coefficient (Wildman–Crippen LogP) is 4.19. The molecule has 1 amide bonds. The fourth-order valence-corrected chi connectivity index (χ4v) is 6.26. The zero-order valence-corrected chi connectivity index (χ0v) is 23.8. The molecule has 0 unspecified atom stereocenters. The van der Waals surface area contributed by atoms with Crippen LogP contribution in [-0.4, -0.2) is 55.6 Å². The molecule has 4 aromatic rings. The Kier molecular flexibility index (Phi) is 7.40. The first kappa shape index (κ1) is 26.8. The average Bonchev–Trinajstić information content (AvgIpc) is 3.47. The Balaban J connectivity index is 1.47. The quantitative estimate of drug-likeness (QED) is 0.336. The predicted molar refractivity (Wildman–Crippen MR) is 150 cm³/mol. The maximum absolute atomic E-state index is 13.9. The Morgan fingerprint density at radius 2 is 1.95 bits per heavy atom. The minimum Gasteiger partial charge on any atom is -0.466 e. The minimum absolute atomic E-state index is 0.0513. The van der Waals surface area contributed by atoms with Crippen molar-refractivity contribution in [3.05, 3.63) is 68.2 Å². The summed E-state index contributed by atoms with van der Waals surface area (Å²) in [6.45, 7) is 10.9. The van der Waals surface area contributed by atoms with Crippen LogP contribution in [0, 0.1) is 33.6 Å². The van der Waals surface area contributed by atoms with Crippen LogP contribution in [0.5, 0.6) is 0 Å². The summed E-state index contributed by atoms with van der Waals surface area (Å²) in [6.07, 6.45) is 1.51. The number of hydrogen-bond donors (Lipinski definition) is 0. The summed E-state index contributed by atoms with van der Waals surface area (Å²) in [4.78, 5) is 46.3. The van der Waals surface area contributed by atoms with Crippen molar-refractivity contribution in [2.24, 2.45) is 5.92 Å². The number of ether oxygens (including phenoxy) is 1. The van der Waals surface area contributed by atoms with E-state index in [-0.39, 0.29) is 29.8 Å². The number of carbonyl (C=O) groups is 2. The van der Waals surface area contributed by atoms with Crippen molar-refractivity contribution in [3.8, 4) is 16.9 Å². The van der Waals surface area contributed by atoms with Crippen molar-refractivity contribution < 1.29 is 14.3 Å². The van der Waals surface area contributed by atoms with Gasteiger partial charge in [0.15, 0.2) is 4.96 Å². The maximum Gasteiger partial charge on any atom is 0.310 e. The van der Waals surface area contributed by atoms with Crippen LogP contribution in [0.15, 0.2) is 34.4 Å². The van der Waals surface area contributed by atoms with Gasteiger partial charge < -0.3 is 9.64 Å². The van der Waals surface area contributed by atoms with Gasteiger partial charge in [0, 0.05) is 29.9 Å². The first-order chi connectivity index (χ1) is 18.7. The van der Waals surface area contributed by atoms with E-state index in [0.717, 1.165) is 23.4 Å². The third-order valence-electron chi connectivity index (χ3n) is 7.27. The molecule has 0 spiro atoms. The van der Waals surface area contributed by atoms with Gasteiger partial charge in [-0.25, -0.2) is 9.67 Å². The fraction of sp³-hybridized carbons (Fsp3) is 0.414. The number of aryl methyl sites for hydroxylation is 4. The van der Waals surface area contributed by atoms with E-state index in [9.17, 15) is 14.4 Å². The van der Waals surface area contributed by atoms with Crippen LogP contribution in [-0.2, 0) is 20.7 Å². The smallest absolute Gasteiger partial charge is 0.310 e. The highest BCUT2D eigenvalue weighted by Crippen LogP contribution is 2.25. The van der Waals surface area contributed by atoms with Crippen molar-refractivity contribution >= 4 is 28.2 Å². The summed E-state index contributed by atoms with van der Waals surface area (Å²) in [6, 6.07) is 8.08. The monoisotopic (exact) mass is 547 g/mol. The fourth-order valence-electron chi connectivity index (χ4n) is 5.33. The number of esters is 1. The molecule has 0 bridgehead atoms. The number of nitrogens with zero attached hydrogens (tertiary/aromatic N) is 5. The first-order valence-corrected chi connectivity index (χ1v) is 14.1. The van der Waals surface area contributed by atoms with E-state index in [1.807, 2.05) is 49.0 Å². The number of benzene rings is 1. The van der Waals surface area contributed by atoms with Gasteiger partial charge in [-0.15, -0.1) is 11.3 Å². The molecule has 1 saturated heterocycles. The lowest BCUT2D eigenvalue weighted by atomic mass is 9.98. The topological polar surface area (TPSA) is 98.8 Å². The molecular formula is C29H33N5O4S. The molecule has 39 heavy (non-hydrogen) atoms. The second-order valence-electron chi connectivity index (χ2n) is 10.2. The second-order valence-corrected chi connectivity index (χ2v) is 11.0. The number of piperidine rings is 1. The van der Waals surface area contributed by atoms with E-state index in [1.165, 1.54) is 21.3 Å². The molecule has 204 valence electrons. The Morgan fingerprint density at radius 1 is 1.15 bits per heavy atom. The summed E-state index contributed by atoms with van der Waals surface area (Å²) < 4.78 is 8.55. The van der Waals surface area contributed by atoms with Crippen LogP contribution in [0.4, 0.5) is 0 Å². The van der Waals surface area contributed by atoms with E-state index in [2.05, 4.69) is 13.0 Å². The highest BCUT2D eigenvalue weighted by Gasteiger charge is 2.30. The average molecular weight is 548 g/mol. The van der Waals surface area contributed by atoms with Gasteiger partial charge in [-0.2, -0.15) is 5.10 Å².